The quantitative estimate of drug-likeness (QED) is 0.740. The van der Waals surface area contributed by atoms with Crippen molar-refractivity contribution < 1.29 is 14.3 Å². The zero-order valence-electron chi connectivity index (χ0n) is 13.3. The Morgan fingerprint density at radius 2 is 2.00 bits per heavy atom. The van der Waals surface area contributed by atoms with E-state index in [2.05, 4.69) is 10.3 Å². The monoisotopic (exact) mass is 362 g/mol. The molecule has 0 fully saturated rings. The minimum absolute atomic E-state index is 0.262. The van der Waals surface area contributed by atoms with Crippen LogP contribution in [0.15, 0.2) is 30.3 Å². The normalized spacial score (nSPS) is 10.7. The van der Waals surface area contributed by atoms with Gasteiger partial charge in [0.2, 0.25) is 0 Å². The van der Waals surface area contributed by atoms with E-state index in [1.165, 1.54) is 11.3 Å². The van der Waals surface area contributed by atoms with Crippen molar-refractivity contribution in [1.29, 1.82) is 0 Å². The van der Waals surface area contributed by atoms with Crippen LogP contribution in [0.2, 0.25) is 5.02 Å². The van der Waals surface area contributed by atoms with E-state index in [0.717, 1.165) is 10.3 Å². The SMILES string of the molecule is COc1cc(OC)c2nc(NC(=O)c3ccc(C)c(Cl)c3)sc2c1. The number of aromatic nitrogens is 1. The molecule has 1 amide bonds. The summed E-state index contributed by atoms with van der Waals surface area (Å²) in [6.07, 6.45) is 0. The van der Waals surface area contributed by atoms with Crippen molar-refractivity contribution in [2.75, 3.05) is 19.5 Å². The van der Waals surface area contributed by atoms with Gasteiger partial charge in [-0.15, -0.1) is 0 Å². The van der Waals surface area contributed by atoms with Crippen LogP contribution in [0.1, 0.15) is 15.9 Å². The number of ether oxygens (including phenoxy) is 2. The van der Waals surface area contributed by atoms with E-state index in [4.69, 9.17) is 21.1 Å². The Hall–Kier alpha value is -2.31. The van der Waals surface area contributed by atoms with E-state index in [1.54, 1.807) is 32.4 Å². The zero-order chi connectivity index (χ0) is 17.3. The number of carbonyl (C=O) groups is 1. The summed E-state index contributed by atoms with van der Waals surface area (Å²) in [5.74, 6) is 1.01. The van der Waals surface area contributed by atoms with Crippen LogP contribution in [0.25, 0.3) is 10.2 Å². The van der Waals surface area contributed by atoms with Crippen LogP contribution in [-0.4, -0.2) is 25.1 Å². The van der Waals surface area contributed by atoms with Gasteiger partial charge in [-0.25, -0.2) is 4.98 Å². The molecule has 3 rings (SSSR count). The van der Waals surface area contributed by atoms with Crippen molar-refractivity contribution in [2.24, 2.45) is 0 Å². The van der Waals surface area contributed by atoms with E-state index < -0.39 is 0 Å². The number of nitrogens with one attached hydrogen (secondary N) is 1. The average Bonchev–Trinajstić information content (AvgIpc) is 2.98. The summed E-state index contributed by atoms with van der Waals surface area (Å²) in [7, 11) is 3.16. The van der Waals surface area contributed by atoms with Crippen LogP contribution < -0.4 is 14.8 Å². The standard InChI is InChI=1S/C17H15ClN2O3S/c1-9-4-5-10(6-12(9)18)16(21)20-17-19-15-13(23-3)7-11(22-2)8-14(15)24-17/h4-8H,1-3H3,(H,19,20,21). The molecule has 5 nitrogen and oxygen atoms in total. The second-order valence-corrected chi connectivity index (χ2v) is 6.55. The Kier molecular flexibility index (Phi) is 4.59. The van der Waals surface area contributed by atoms with Gasteiger partial charge in [-0.1, -0.05) is 29.0 Å². The third-order valence-electron chi connectivity index (χ3n) is 3.54. The highest BCUT2D eigenvalue weighted by Gasteiger charge is 2.14. The molecule has 1 N–H and O–H groups in total. The number of halogens is 1. The number of carbonyl (C=O) groups excluding carboxylic acids is 1. The summed E-state index contributed by atoms with van der Waals surface area (Å²) in [5, 5.41) is 3.84. The fourth-order valence-corrected chi connectivity index (χ4v) is 3.29. The zero-order valence-corrected chi connectivity index (χ0v) is 14.9. The molecule has 1 aromatic heterocycles. The Labute approximate surface area is 148 Å². The van der Waals surface area contributed by atoms with Crippen LogP contribution in [0, 0.1) is 6.92 Å². The number of thiazole rings is 1. The van der Waals surface area contributed by atoms with Crippen LogP contribution in [0.3, 0.4) is 0 Å². The number of hydrogen-bond donors (Lipinski definition) is 1. The number of methoxy groups -OCH3 is 2. The maximum absolute atomic E-state index is 12.4. The van der Waals surface area contributed by atoms with Crippen LogP contribution in [-0.2, 0) is 0 Å². The molecule has 24 heavy (non-hydrogen) atoms. The molecule has 0 atom stereocenters. The minimum atomic E-state index is -0.262. The molecule has 0 saturated heterocycles. The maximum Gasteiger partial charge on any atom is 0.257 e. The van der Waals surface area contributed by atoms with Crippen molar-refractivity contribution in [3.8, 4) is 11.5 Å². The fraction of sp³-hybridized carbons (Fsp3) is 0.176. The molecule has 0 aliphatic carbocycles. The largest absolute Gasteiger partial charge is 0.497 e. The number of hydrogen-bond acceptors (Lipinski definition) is 5. The molecule has 0 saturated carbocycles. The first-order valence-electron chi connectivity index (χ1n) is 7.12. The lowest BCUT2D eigenvalue weighted by molar-refractivity contribution is 0.102. The smallest absolute Gasteiger partial charge is 0.257 e. The van der Waals surface area contributed by atoms with Crippen LogP contribution in [0.4, 0.5) is 5.13 Å². The molecular weight excluding hydrogens is 348 g/mol. The Morgan fingerprint density at radius 3 is 2.67 bits per heavy atom. The summed E-state index contributed by atoms with van der Waals surface area (Å²) >= 11 is 7.43. The molecule has 0 bridgehead atoms. The first kappa shape index (κ1) is 16.5. The van der Waals surface area contributed by atoms with Crippen molar-refractivity contribution in [3.05, 3.63) is 46.5 Å². The summed E-state index contributed by atoms with van der Waals surface area (Å²) in [6.45, 7) is 1.89. The molecule has 1 heterocycles. The summed E-state index contributed by atoms with van der Waals surface area (Å²) in [4.78, 5) is 16.8. The topological polar surface area (TPSA) is 60.5 Å². The lowest BCUT2D eigenvalue weighted by Gasteiger charge is -2.04. The molecular formula is C17H15ClN2O3S. The van der Waals surface area contributed by atoms with Gasteiger partial charge < -0.3 is 9.47 Å². The van der Waals surface area contributed by atoms with Crippen molar-refractivity contribution in [2.45, 2.75) is 6.92 Å². The summed E-state index contributed by atoms with van der Waals surface area (Å²) < 4.78 is 11.4. The average molecular weight is 363 g/mol. The highest BCUT2D eigenvalue weighted by molar-refractivity contribution is 7.22. The number of anilines is 1. The molecule has 0 aliphatic rings. The van der Waals surface area contributed by atoms with Crippen LogP contribution >= 0.6 is 22.9 Å². The Morgan fingerprint density at radius 1 is 1.21 bits per heavy atom. The van der Waals surface area contributed by atoms with Crippen molar-refractivity contribution in [1.82, 2.24) is 4.98 Å². The second kappa shape index (κ2) is 6.67. The molecule has 2 aromatic carbocycles. The molecule has 124 valence electrons. The van der Waals surface area contributed by atoms with Gasteiger partial charge in [0.25, 0.3) is 5.91 Å². The van der Waals surface area contributed by atoms with Gasteiger partial charge in [0, 0.05) is 16.7 Å². The number of benzene rings is 2. The Balaban J connectivity index is 1.92. The molecule has 0 aliphatic heterocycles. The molecule has 0 unspecified atom stereocenters. The number of amides is 1. The van der Waals surface area contributed by atoms with E-state index >= 15 is 0 Å². The van der Waals surface area contributed by atoms with Gasteiger partial charge >= 0.3 is 0 Å². The Bertz CT molecular complexity index is 924. The number of fused-ring (bicyclic) bond motifs is 1. The summed E-state index contributed by atoms with van der Waals surface area (Å²) in [5.41, 5.74) is 2.08. The highest BCUT2D eigenvalue weighted by atomic mass is 35.5. The molecule has 0 spiro atoms. The lowest BCUT2D eigenvalue weighted by Crippen LogP contribution is -2.11. The molecule has 0 radical (unpaired) electrons. The van der Waals surface area contributed by atoms with Gasteiger partial charge in [0.1, 0.15) is 17.0 Å². The minimum Gasteiger partial charge on any atom is -0.497 e. The third-order valence-corrected chi connectivity index (χ3v) is 4.87. The number of nitrogens with zero attached hydrogens (tertiary/aromatic N) is 1. The predicted molar refractivity (Wildman–Crippen MR) is 96.9 cm³/mol. The third kappa shape index (κ3) is 3.16. The van der Waals surface area contributed by atoms with Gasteiger partial charge in [-0.05, 0) is 30.7 Å². The lowest BCUT2D eigenvalue weighted by atomic mass is 10.1. The maximum atomic E-state index is 12.4. The van der Waals surface area contributed by atoms with Gasteiger partial charge in [0.05, 0.1) is 18.9 Å². The van der Waals surface area contributed by atoms with Crippen molar-refractivity contribution in [3.63, 3.8) is 0 Å². The van der Waals surface area contributed by atoms with Crippen LogP contribution in [0.5, 0.6) is 11.5 Å². The predicted octanol–water partition coefficient (Wildman–Crippen LogP) is 4.53. The van der Waals surface area contributed by atoms with Gasteiger partial charge in [0.15, 0.2) is 5.13 Å². The van der Waals surface area contributed by atoms with E-state index in [9.17, 15) is 4.79 Å². The molecule has 7 heteroatoms. The van der Waals surface area contributed by atoms with Gasteiger partial charge in [-0.2, -0.15) is 0 Å². The summed E-state index contributed by atoms with van der Waals surface area (Å²) in [6, 6.07) is 8.79. The number of aryl methyl sites for hydroxylation is 1. The first-order chi connectivity index (χ1) is 11.5. The van der Waals surface area contributed by atoms with Gasteiger partial charge in [-0.3, -0.25) is 10.1 Å². The first-order valence-corrected chi connectivity index (χ1v) is 8.31. The van der Waals surface area contributed by atoms with E-state index in [-0.39, 0.29) is 5.91 Å². The van der Waals surface area contributed by atoms with Crippen molar-refractivity contribution >= 4 is 44.2 Å². The van der Waals surface area contributed by atoms with E-state index in [1.807, 2.05) is 19.1 Å². The number of rotatable bonds is 4. The fourth-order valence-electron chi connectivity index (χ4n) is 2.21. The highest BCUT2D eigenvalue weighted by Crippen LogP contribution is 2.36. The molecule has 3 aromatic rings. The second-order valence-electron chi connectivity index (χ2n) is 5.11. The van der Waals surface area contributed by atoms with E-state index in [0.29, 0.717) is 32.7 Å².